The monoisotopic (exact) mass is 270 g/mol. The van der Waals surface area contributed by atoms with Crippen molar-refractivity contribution in [3.8, 4) is 0 Å². The topological polar surface area (TPSA) is 47.7 Å². The Hall–Kier alpha value is -0.160. The smallest absolute Gasteiger partial charge is 0.0753 e. The number of rotatable bonds is 3. The Kier molecular flexibility index (Phi) is 4.26. The molecule has 4 heteroatoms. The first-order chi connectivity index (χ1) is 8.85. The average molecular weight is 270 g/mol. The van der Waals surface area contributed by atoms with Crippen LogP contribution in [0.2, 0.25) is 0 Å². The van der Waals surface area contributed by atoms with Crippen molar-refractivity contribution < 1.29 is 9.47 Å². The number of hydrogen-bond acceptors (Lipinski definition) is 4. The van der Waals surface area contributed by atoms with Crippen LogP contribution in [0, 0.1) is 0 Å². The van der Waals surface area contributed by atoms with Crippen LogP contribution in [0.4, 0.5) is 0 Å². The van der Waals surface area contributed by atoms with Gasteiger partial charge in [0.1, 0.15) is 0 Å². The average Bonchev–Trinajstić information content (AvgIpc) is 2.37. The maximum absolute atomic E-state index is 6.20. The fraction of sp³-hybridized carbons (Fsp3) is 1.00. The van der Waals surface area contributed by atoms with E-state index in [1.807, 2.05) is 0 Å². The van der Waals surface area contributed by atoms with Crippen molar-refractivity contribution in [3.05, 3.63) is 0 Å². The van der Waals surface area contributed by atoms with Crippen molar-refractivity contribution in [2.45, 2.75) is 63.7 Å². The molecule has 2 aliphatic rings. The highest BCUT2D eigenvalue weighted by Gasteiger charge is 2.47. The lowest BCUT2D eigenvalue weighted by molar-refractivity contribution is -0.167. The Morgan fingerprint density at radius 2 is 1.89 bits per heavy atom. The Morgan fingerprint density at radius 1 is 1.16 bits per heavy atom. The van der Waals surface area contributed by atoms with Gasteiger partial charge in [0.15, 0.2) is 0 Å². The number of ether oxygens (including phenoxy) is 2. The van der Waals surface area contributed by atoms with Gasteiger partial charge >= 0.3 is 0 Å². The van der Waals surface area contributed by atoms with Gasteiger partial charge in [-0.1, -0.05) is 6.92 Å². The summed E-state index contributed by atoms with van der Waals surface area (Å²) in [5, 5.41) is 0. The second kappa shape index (κ2) is 5.32. The summed E-state index contributed by atoms with van der Waals surface area (Å²) in [4.78, 5) is 2.56. The Balaban J connectivity index is 2.17. The molecule has 2 N–H and O–H groups in total. The molecule has 0 aromatic rings. The molecule has 0 aliphatic carbocycles. The van der Waals surface area contributed by atoms with Gasteiger partial charge in [0.05, 0.1) is 17.8 Å². The first-order valence-corrected chi connectivity index (χ1v) is 7.58. The molecule has 2 fully saturated rings. The molecular weight excluding hydrogens is 240 g/mol. The Morgan fingerprint density at radius 3 is 2.47 bits per heavy atom. The van der Waals surface area contributed by atoms with Crippen molar-refractivity contribution in [1.82, 2.24) is 4.90 Å². The van der Waals surface area contributed by atoms with E-state index in [-0.39, 0.29) is 16.7 Å². The van der Waals surface area contributed by atoms with E-state index in [4.69, 9.17) is 15.2 Å². The van der Waals surface area contributed by atoms with Gasteiger partial charge in [0.2, 0.25) is 0 Å². The molecule has 112 valence electrons. The minimum absolute atomic E-state index is 0.0277. The molecule has 0 spiro atoms. The predicted octanol–water partition coefficient (Wildman–Crippen LogP) is 1.77. The molecular formula is C15H30N2O2. The molecule has 0 aromatic heterocycles. The third kappa shape index (κ3) is 3.13. The van der Waals surface area contributed by atoms with Crippen LogP contribution in [-0.2, 0) is 9.47 Å². The molecule has 2 rings (SSSR count). The van der Waals surface area contributed by atoms with Crippen molar-refractivity contribution in [3.63, 3.8) is 0 Å². The third-order valence-electron chi connectivity index (χ3n) is 4.95. The van der Waals surface area contributed by atoms with Crippen LogP contribution >= 0.6 is 0 Å². The van der Waals surface area contributed by atoms with Gasteiger partial charge in [-0.05, 0) is 40.0 Å². The maximum Gasteiger partial charge on any atom is 0.0753 e. The summed E-state index contributed by atoms with van der Waals surface area (Å²) in [5.41, 5.74) is 6.19. The zero-order valence-electron chi connectivity index (χ0n) is 13.0. The SMILES string of the molecule is CCC1(C)CC(CN)(N2CCOC(C)(C)C2)CCO1. The fourth-order valence-electron chi connectivity index (χ4n) is 3.54. The summed E-state index contributed by atoms with van der Waals surface area (Å²) in [7, 11) is 0. The summed E-state index contributed by atoms with van der Waals surface area (Å²) >= 11 is 0. The first-order valence-electron chi connectivity index (χ1n) is 7.58. The molecule has 0 radical (unpaired) electrons. The zero-order chi connectivity index (χ0) is 14.1. The quantitative estimate of drug-likeness (QED) is 0.849. The summed E-state index contributed by atoms with van der Waals surface area (Å²) in [5.74, 6) is 0. The lowest BCUT2D eigenvalue weighted by Gasteiger charge is -2.54. The highest BCUT2D eigenvalue weighted by atomic mass is 16.5. The largest absolute Gasteiger partial charge is 0.375 e. The predicted molar refractivity (Wildman–Crippen MR) is 77.3 cm³/mol. The number of nitrogens with zero attached hydrogens (tertiary/aromatic N) is 1. The summed E-state index contributed by atoms with van der Waals surface area (Å²) in [6.07, 6.45) is 3.11. The number of nitrogens with two attached hydrogens (primary N) is 1. The van der Waals surface area contributed by atoms with Crippen LogP contribution in [0.3, 0.4) is 0 Å². The fourth-order valence-corrected chi connectivity index (χ4v) is 3.54. The highest BCUT2D eigenvalue weighted by Crippen LogP contribution is 2.39. The Labute approximate surface area is 117 Å². The van der Waals surface area contributed by atoms with Gasteiger partial charge in [-0.25, -0.2) is 0 Å². The molecule has 0 saturated carbocycles. The molecule has 2 unspecified atom stereocenters. The van der Waals surface area contributed by atoms with Gasteiger partial charge in [-0.2, -0.15) is 0 Å². The molecule has 2 atom stereocenters. The molecule has 4 nitrogen and oxygen atoms in total. The lowest BCUT2D eigenvalue weighted by atomic mass is 9.77. The lowest BCUT2D eigenvalue weighted by Crippen LogP contribution is -2.65. The van der Waals surface area contributed by atoms with E-state index in [0.29, 0.717) is 6.54 Å². The van der Waals surface area contributed by atoms with Crippen LogP contribution in [0.1, 0.15) is 47.0 Å². The normalized spacial score (nSPS) is 40.3. The Bertz CT molecular complexity index is 321. The van der Waals surface area contributed by atoms with Crippen molar-refractivity contribution in [1.29, 1.82) is 0 Å². The van der Waals surface area contributed by atoms with E-state index in [1.165, 1.54) is 0 Å². The van der Waals surface area contributed by atoms with Crippen molar-refractivity contribution in [2.24, 2.45) is 5.73 Å². The highest BCUT2D eigenvalue weighted by molar-refractivity contribution is 5.02. The number of hydrogen-bond donors (Lipinski definition) is 1. The maximum atomic E-state index is 6.20. The van der Waals surface area contributed by atoms with E-state index >= 15 is 0 Å². The van der Waals surface area contributed by atoms with Crippen LogP contribution in [0.15, 0.2) is 0 Å². The molecule has 0 aromatic carbocycles. The van der Waals surface area contributed by atoms with Gasteiger partial charge in [-0.3, -0.25) is 4.90 Å². The van der Waals surface area contributed by atoms with Gasteiger partial charge < -0.3 is 15.2 Å². The van der Waals surface area contributed by atoms with Gasteiger partial charge in [0, 0.05) is 31.8 Å². The van der Waals surface area contributed by atoms with Gasteiger partial charge in [-0.15, -0.1) is 0 Å². The summed E-state index contributed by atoms with van der Waals surface area (Å²) < 4.78 is 11.8. The number of morpholine rings is 1. The van der Waals surface area contributed by atoms with E-state index in [1.54, 1.807) is 0 Å². The van der Waals surface area contributed by atoms with E-state index < -0.39 is 0 Å². The minimum atomic E-state index is -0.0681. The molecule has 2 saturated heterocycles. The molecule has 0 bridgehead atoms. The zero-order valence-corrected chi connectivity index (χ0v) is 13.0. The second-order valence-corrected chi connectivity index (χ2v) is 7.04. The van der Waals surface area contributed by atoms with Crippen molar-refractivity contribution in [2.75, 3.05) is 32.8 Å². The van der Waals surface area contributed by atoms with Crippen LogP contribution < -0.4 is 5.73 Å². The molecule has 2 aliphatic heterocycles. The van der Waals surface area contributed by atoms with Crippen molar-refractivity contribution >= 4 is 0 Å². The van der Waals surface area contributed by atoms with E-state index in [0.717, 1.165) is 45.6 Å². The summed E-state index contributed by atoms with van der Waals surface area (Å²) in [6, 6.07) is 0. The van der Waals surface area contributed by atoms with Gasteiger partial charge in [0.25, 0.3) is 0 Å². The van der Waals surface area contributed by atoms with Crippen LogP contribution in [-0.4, -0.2) is 54.5 Å². The van der Waals surface area contributed by atoms with E-state index in [2.05, 4.69) is 32.6 Å². The molecule has 19 heavy (non-hydrogen) atoms. The molecule has 2 heterocycles. The van der Waals surface area contributed by atoms with Crippen LogP contribution in [0.25, 0.3) is 0 Å². The summed E-state index contributed by atoms with van der Waals surface area (Å²) in [6.45, 7) is 13.0. The molecule has 0 amide bonds. The minimum Gasteiger partial charge on any atom is -0.375 e. The van der Waals surface area contributed by atoms with E-state index in [9.17, 15) is 0 Å². The third-order valence-corrected chi connectivity index (χ3v) is 4.95. The van der Waals surface area contributed by atoms with Crippen LogP contribution in [0.5, 0.6) is 0 Å². The standard InChI is InChI=1S/C15H30N2O2/c1-5-14(4)10-15(11-16,6-8-19-14)17-7-9-18-13(2,3)12-17/h5-12,16H2,1-4H3. The second-order valence-electron chi connectivity index (χ2n) is 7.04. The first kappa shape index (κ1) is 15.2.